The third kappa shape index (κ3) is 5.34. The topological polar surface area (TPSA) is 93.4 Å². The molecule has 0 aliphatic heterocycles. The van der Waals surface area contributed by atoms with E-state index in [1.54, 1.807) is 12.1 Å². The summed E-state index contributed by atoms with van der Waals surface area (Å²) in [5, 5.41) is 5.77. The van der Waals surface area contributed by atoms with Gasteiger partial charge in [-0.25, -0.2) is 0 Å². The molecule has 0 radical (unpaired) electrons. The van der Waals surface area contributed by atoms with E-state index in [0.717, 1.165) is 0 Å². The SMILES string of the molecule is COCC(N)C(=O)Nc1cc(Cl)ccc1C(=O)NC(C)C. The third-order valence-electron chi connectivity index (χ3n) is 2.59. The van der Waals surface area contributed by atoms with Crippen LogP contribution in [0.25, 0.3) is 0 Å². The van der Waals surface area contributed by atoms with E-state index in [0.29, 0.717) is 16.3 Å². The maximum absolute atomic E-state index is 12.1. The summed E-state index contributed by atoms with van der Waals surface area (Å²) in [7, 11) is 1.45. The van der Waals surface area contributed by atoms with Gasteiger partial charge in [0, 0.05) is 18.2 Å². The van der Waals surface area contributed by atoms with E-state index in [1.807, 2.05) is 13.8 Å². The second-order valence-electron chi connectivity index (χ2n) is 4.87. The number of amides is 2. The minimum atomic E-state index is -0.824. The number of methoxy groups -OCH3 is 1. The fourth-order valence-electron chi connectivity index (χ4n) is 1.64. The van der Waals surface area contributed by atoms with E-state index in [2.05, 4.69) is 10.6 Å². The standard InChI is InChI=1S/C14H20ClN3O3/c1-8(2)17-13(19)10-5-4-9(15)6-12(10)18-14(20)11(16)7-21-3/h4-6,8,11H,7,16H2,1-3H3,(H,17,19)(H,18,20). The first-order chi connectivity index (χ1) is 9.85. The summed E-state index contributed by atoms with van der Waals surface area (Å²) in [5.41, 5.74) is 6.29. The predicted molar refractivity (Wildman–Crippen MR) is 82.5 cm³/mol. The van der Waals surface area contributed by atoms with Crippen molar-refractivity contribution in [2.45, 2.75) is 25.9 Å². The number of anilines is 1. The number of nitrogens with one attached hydrogen (secondary N) is 2. The van der Waals surface area contributed by atoms with Crippen molar-refractivity contribution >= 4 is 29.1 Å². The van der Waals surface area contributed by atoms with Crippen LogP contribution in [0.4, 0.5) is 5.69 Å². The summed E-state index contributed by atoms with van der Waals surface area (Å²) >= 11 is 5.91. The van der Waals surface area contributed by atoms with Gasteiger partial charge in [0.25, 0.3) is 5.91 Å². The van der Waals surface area contributed by atoms with Gasteiger partial charge in [-0.15, -0.1) is 0 Å². The lowest BCUT2D eigenvalue weighted by Gasteiger charge is -2.15. The van der Waals surface area contributed by atoms with Gasteiger partial charge in [0.05, 0.1) is 17.9 Å². The molecular formula is C14H20ClN3O3. The largest absolute Gasteiger partial charge is 0.383 e. The first-order valence-corrected chi connectivity index (χ1v) is 6.88. The third-order valence-corrected chi connectivity index (χ3v) is 2.82. The van der Waals surface area contributed by atoms with Crippen molar-refractivity contribution in [3.8, 4) is 0 Å². The van der Waals surface area contributed by atoms with Crippen LogP contribution in [0.3, 0.4) is 0 Å². The van der Waals surface area contributed by atoms with E-state index < -0.39 is 11.9 Å². The summed E-state index contributed by atoms with van der Waals surface area (Å²) in [4.78, 5) is 24.0. The van der Waals surface area contributed by atoms with Crippen LogP contribution in [0.1, 0.15) is 24.2 Å². The molecule has 4 N–H and O–H groups in total. The molecule has 1 unspecified atom stereocenters. The maximum Gasteiger partial charge on any atom is 0.253 e. The number of ether oxygens (including phenoxy) is 1. The maximum atomic E-state index is 12.1. The molecule has 0 saturated carbocycles. The highest BCUT2D eigenvalue weighted by atomic mass is 35.5. The average molecular weight is 314 g/mol. The highest BCUT2D eigenvalue weighted by Gasteiger charge is 2.18. The summed E-state index contributed by atoms with van der Waals surface area (Å²) in [6, 6.07) is 3.80. The van der Waals surface area contributed by atoms with Gasteiger partial charge >= 0.3 is 0 Å². The molecule has 1 rings (SSSR count). The van der Waals surface area contributed by atoms with Gasteiger partial charge < -0.3 is 21.1 Å². The fourth-order valence-corrected chi connectivity index (χ4v) is 1.81. The second kappa shape index (κ2) is 7.97. The van der Waals surface area contributed by atoms with Crippen LogP contribution >= 0.6 is 11.6 Å². The highest BCUT2D eigenvalue weighted by molar-refractivity contribution is 6.31. The fraction of sp³-hybridized carbons (Fsp3) is 0.429. The Morgan fingerprint density at radius 3 is 2.62 bits per heavy atom. The van der Waals surface area contributed by atoms with E-state index in [-0.39, 0.29) is 18.6 Å². The molecule has 0 aliphatic rings. The van der Waals surface area contributed by atoms with Crippen LogP contribution in [-0.2, 0) is 9.53 Å². The number of benzene rings is 1. The number of carbonyl (C=O) groups excluding carboxylic acids is 2. The quantitative estimate of drug-likeness (QED) is 0.740. The number of nitrogens with two attached hydrogens (primary N) is 1. The smallest absolute Gasteiger partial charge is 0.253 e. The van der Waals surface area contributed by atoms with E-state index in [1.165, 1.54) is 13.2 Å². The Kier molecular flexibility index (Phi) is 6.61. The van der Waals surface area contributed by atoms with Crippen molar-refractivity contribution < 1.29 is 14.3 Å². The van der Waals surface area contributed by atoms with Crippen LogP contribution in [0.15, 0.2) is 18.2 Å². The Hall–Kier alpha value is -1.63. The first kappa shape index (κ1) is 17.4. The van der Waals surface area contributed by atoms with E-state index in [9.17, 15) is 9.59 Å². The summed E-state index contributed by atoms with van der Waals surface area (Å²) in [6.07, 6.45) is 0. The first-order valence-electron chi connectivity index (χ1n) is 6.51. The Balaban J connectivity index is 2.97. The zero-order chi connectivity index (χ0) is 16.0. The number of halogens is 1. The molecule has 0 aromatic heterocycles. The van der Waals surface area contributed by atoms with Gasteiger partial charge in [-0.3, -0.25) is 9.59 Å². The lowest BCUT2D eigenvalue weighted by molar-refractivity contribution is -0.118. The van der Waals surface area contributed by atoms with Gasteiger partial charge in [-0.2, -0.15) is 0 Å². The molecular weight excluding hydrogens is 294 g/mol. The molecule has 1 aromatic carbocycles. The molecule has 0 bridgehead atoms. The molecule has 1 atom stereocenters. The number of carbonyl (C=O) groups is 2. The molecule has 116 valence electrons. The van der Waals surface area contributed by atoms with Crippen LogP contribution < -0.4 is 16.4 Å². The van der Waals surface area contributed by atoms with Gasteiger partial charge in [0.2, 0.25) is 5.91 Å². The average Bonchev–Trinajstić information content (AvgIpc) is 2.38. The van der Waals surface area contributed by atoms with Crippen molar-refractivity contribution in [2.24, 2.45) is 5.73 Å². The summed E-state index contributed by atoms with van der Waals surface area (Å²) in [5.74, 6) is -0.741. The molecule has 0 heterocycles. The predicted octanol–water partition coefficient (Wildman–Crippen LogP) is 1.39. The molecule has 6 nitrogen and oxygen atoms in total. The number of rotatable bonds is 6. The molecule has 0 saturated heterocycles. The Morgan fingerprint density at radius 2 is 2.05 bits per heavy atom. The Labute approximate surface area is 129 Å². The van der Waals surface area contributed by atoms with Crippen molar-refractivity contribution in [1.29, 1.82) is 0 Å². The lowest BCUT2D eigenvalue weighted by atomic mass is 10.1. The molecule has 7 heteroatoms. The van der Waals surface area contributed by atoms with Crippen molar-refractivity contribution in [1.82, 2.24) is 5.32 Å². The summed E-state index contributed by atoms with van der Waals surface area (Å²) < 4.78 is 4.83. The second-order valence-corrected chi connectivity index (χ2v) is 5.31. The van der Waals surface area contributed by atoms with Crippen LogP contribution in [0, 0.1) is 0 Å². The Bertz CT molecular complexity index is 520. The van der Waals surface area contributed by atoms with E-state index >= 15 is 0 Å². The number of hydrogen-bond donors (Lipinski definition) is 3. The van der Waals surface area contributed by atoms with Crippen LogP contribution in [0.5, 0.6) is 0 Å². The van der Waals surface area contributed by atoms with Crippen molar-refractivity contribution in [3.63, 3.8) is 0 Å². The minimum absolute atomic E-state index is 0.0209. The van der Waals surface area contributed by atoms with Crippen LogP contribution in [0.2, 0.25) is 5.02 Å². The lowest BCUT2D eigenvalue weighted by Crippen LogP contribution is -2.39. The van der Waals surface area contributed by atoms with Gasteiger partial charge in [0.1, 0.15) is 6.04 Å². The van der Waals surface area contributed by atoms with E-state index in [4.69, 9.17) is 22.1 Å². The zero-order valence-corrected chi connectivity index (χ0v) is 13.0. The van der Waals surface area contributed by atoms with Crippen molar-refractivity contribution in [2.75, 3.05) is 19.0 Å². The minimum Gasteiger partial charge on any atom is -0.383 e. The highest BCUT2D eigenvalue weighted by Crippen LogP contribution is 2.21. The van der Waals surface area contributed by atoms with Gasteiger partial charge in [-0.1, -0.05) is 11.6 Å². The molecule has 0 aliphatic carbocycles. The summed E-state index contributed by atoms with van der Waals surface area (Å²) in [6.45, 7) is 3.78. The molecule has 0 fully saturated rings. The normalized spacial score (nSPS) is 12.1. The molecule has 21 heavy (non-hydrogen) atoms. The Morgan fingerprint density at radius 1 is 1.38 bits per heavy atom. The van der Waals surface area contributed by atoms with Gasteiger partial charge in [-0.05, 0) is 32.0 Å². The molecule has 0 spiro atoms. The van der Waals surface area contributed by atoms with Gasteiger partial charge in [0.15, 0.2) is 0 Å². The zero-order valence-electron chi connectivity index (χ0n) is 12.3. The molecule has 1 aromatic rings. The van der Waals surface area contributed by atoms with Crippen molar-refractivity contribution in [3.05, 3.63) is 28.8 Å². The number of hydrogen-bond acceptors (Lipinski definition) is 4. The van der Waals surface area contributed by atoms with Crippen LogP contribution in [-0.4, -0.2) is 37.6 Å². The molecule has 2 amide bonds. The monoisotopic (exact) mass is 313 g/mol.